The van der Waals surface area contributed by atoms with Crippen LogP contribution >= 0.6 is 0 Å². The second kappa shape index (κ2) is 9.57. The Kier molecular flexibility index (Phi) is 6.70. The first-order valence-electron chi connectivity index (χ1n) is 10.9. The van der Waals surface area contributed by atoms with Crippen molar-refractivity contribution in [2.45, 2.75) is 36.5 Å². The van der Waals surface area contributed by atoms with Gasteiger partial charge >= 0.3 is 18.2 Å². The standard InChI is InChI=1S/C24H23F3N2O6/c25-24(26,27)19(20(30)29-23(21(31)32)9-11-34-12-10-23)28-22(33)35-13-18-16-7-3-1-5-14(16)15-6-2-4-8-17(15)18/h1-8,18-19H,9-13H2,(H,28,33)(H,29,30)(H,31,32). The van der Waals surface area contributed by atoms with E-state index in [9.17, 15) is 32.7 Å². The molecule has 1 fully saturated rings. The molecule has 186 valence electrons. The lowest BCUT2D eigenvalue weighted by atomic mass is 9.89. The topological polar surface area (TPSA) is 114 Å². The summed E-state index contributed by atoms with van der Waals surface area (Å²) in [5, 5.41) is 13.0. The fourth-order valence-electron chi connectivity index (χ4n) is 4.47. The van der Waals surface area contributed by atoms with Crippen molar-refractivity contribution in [3.8, 4) is 11.1 Å². The number of carbonyl (C=O) groups excluding carboxylic acids is 2. The van der Waals surface area contributed by atoms with Crippen molar-refractivity contribution in [2.24, 2.45) is 0 Å². The molecule has 1 heterocycles. The zero-order valence-electron chi connectivity index (χ0n) is 18.4. The van der Waals surface area contributed by atoms with E-state index in [2.05, 4.69) is 0 Å². The molecular formula is C24H23F3N2O6. The van der Waals surface area contributed by atoms with Gasteiger partial charge in [0.1, 0.15) is 12.1 Å². The van der Waals surface area contributed by atoms with E-state index in [-0.39, 0.29) is 38.6 Å². The molecule has 3 N–H and O–H groups in total. The van der Waals surface area contributed by atoms with Crippen LogP contribution in [-0.4, -0.2) is 60.7 Å². The van der Waals surface area contributed by atoms with Crippen LogP contribution in [0.4, 0.5) is 18.0 Å². The minimum atomic E-state index is -5.18. The van der Waals surface area contributed by atoms with Gasteiger partial charge in [0.15, 0.2) is 0 Å². The van der Waals surface area contributed by atoms with E-state index in [0.717, 1.165) is 22.3 Å². The Hall–Kier alpha value is -3.60. The van der Waals surface area contributed by atoms with Crippen LogP contribution in [0.15, 0.2) is 48.5 Å². The van der Waals surface area contributed by atoms with Crippen LogP contribution in [0.3, 0.4) is 0 Å². The molecule has 1 atom stereocenters. The van der Waals surface area contributed by atoms with Gasteiger partial charge in [-0.3, -0.25) is 4.79 Å². The van der Waals surface area contributed by atoms with E-state index < -0.39 is 35.7 Å². The number of fused-ring (bicyclic) bond motifs is 3. The third kappa shape index (κ3) is 4.95. The molecule has 1 unspecified atom stereocenters. The number of hydrogen-bond acceptors (Lipinski definition) is 5. The number of carboxylic acid groups (broad SMARTS) is 1. The highest BCUT2D eigenvalue weighted by molar-refractivity contribution is 5.92. The summed E-state index contributed by atoms with van der Waals surface area (Å²) in [5.74, 6) is -3.55. The lowest BCUT2D eigenvalue weighted by Crippen LogP contribution is -2.64. The van der Waals surface area contributed by atoms with E-state index in [0.29, 0.717) is 0 Å². The average Bonchev–Trinajstić information content (AvgIpc) is 3.14. The molecule has 0 bridgehead atoms. The number of benzene rings is 2. The fourth-order valence-corrected chi connectivity index (χ4v) is 4.47. The van der Waals surface area contributed by atoms with Crippen LogP contribution in [0, 0.1) is 0 Å². The van der Waals surface area contributed by atoms with Crippen molar-refractivity contribution in [1.82, 2.24) is 10.6 Å². The van der Waals surface area contributed by atoms with Crippen molar-refractivity contribution < 1.29 is 42.1 Å². The molecule has 1 aliphatic heterocycles. The predicted octanol–water partition coefficient (Wildman–Crippen LogP) is 3.21. The molecule has 11 heteroatoms. The largest absolute Gasteiger partial charge is 0.480 e. The van der Waals surface area contributed by atoms with Gasteiger partial charge in [0.25, 0.3) is 5.91 Å². The van der Waals surface area contributed by atoms with Crippen LogP contribution in [0.5, 0.6) is 0 Å². The maximum absolute atomic E-state index is 13.6. The molecule has 2 amide bonds. The zero-order valence-corrected chi connectivity index (χ0v) is 18.4. The predicted molar refractivity (Wildman–Crippen MR) is 117 cm³/mol. The van der Waals surface area contributed by atoms with Crippen LogP contribution in [0.25, 0.3) is 11.1 Å². The number of amides is 2. The highest BCUT2D eigenvalue weighted by Crippen LogP contribution is 2.44. The minimum Gasteiger partial charge on any atom is -0.480 e. The second-order valence-electron chi connectivity index (χ2n) is 8.43. The molecule has 0 aromatic heterocycles. The van der Waals surface area contributed by atoms with Crippen LogP contribution < -0.4 is 10.6 Å². The quantitative estimate of drug-likeness (QED) is 0.571. The van der Waals surface area contributed by atoms with Crippen molar-refractivity contribution in [3.05, 3.63) is 59.7 Å². The lowest BCUT2D eigenvalue weighted by Gasteiger charge is -2.35. The highest BCUT2D eigenvalue weighted by Gasteiger charge is 2.50. The van der Waals surface area contributed by atoms with Gasteiger partial charge in [0.2, 0.25) is 6.04 Å². The third-order valence-electron chi connectivity index (χ3n) is 6.31. The summed E-state index contributed by atoms with van der Waals surface area (Å²) < 4.78 is 51.1. The first-order valence-corrected chi connectivity index (χ1v) is 10.9. The number of carboxylic acids is 1. The Balaban J connectivity index is 1.45. The minimum absolute atomic E-state index is 0.0386. The average molecular weight is 492 g/mol. The monoisotopic (exact) mass is 492 g/mol. The number of nitrogens with one attached hydrogen (secondary N) is 2. The Bertz CT molecular complexity index is 1080. The van der Waals surface area contributed by atoms with Gasteiger partial charge in [-0.15, -0.1) is 0 Å². The summed E-state index contributed by atoms with van der Waals surface area (Å²) in [6.45, 7) is -0.325. The molecule has 35 heavy (non-hydrogen) atoms. The summed E-state index contributed by atoms with van der Waals surface area (Å²) >= 11 is 0. The van der Waals surface area contributed by atoms with E-state index >= 15 is 0 Å². The lowest BCUT2D eigenvalue weighted by molar-refractivity contribution is -0.172. The van der Waals surface area contributed by atoms with Gasteiger partial charge in [-0.1, -0.05) is 48.5 Å². The Morgan fingerprint density at radius 3 is 2.09 bits per heavy atom. The Labute approximate surface area is 198 Å². The van der Waals surface area contributed by atoms with Crippen LogP contribution in [0.2, 0.25) is 0 Å². The smallest absolute Gasteiger partial charge is 0.417 e. The molecule has 2 aromatic carbocycles. The van der Waals surface area contributed by atoms with Crippen LogP contribution in [0.1, 0.15) is 29.9 Å². The molecule has 0 saturated carbocycles. The van der Waals surface area contributed by atoms with Crippen molar-refractivity contribution in [2.75, 3.05) is 19.8 Å². The number of carbonyl (C=O) groups is 3. The summed E-state index contributed by atoms with van der Waals surface area (Å²) in [6, 6.07) is 11.9. The highest BCUT2D eigenvalue weighted by atomic mass is 19.4. The SMILES string of the molecule is O=C(NC(C(=O)NC1(C(=O)O)CCOCC1)C(F)(F)F)OCC1c2ccccc2-c2ccccc21. The van der Waals surface area contributed by atoms with E-state index in [4.69, 9.17) is 9.47 Å². The van der Waals surface area contributed by atoms with Crippen molar-refractivity contribution in [3.63, 3.8) is 0 Å². The molecule has 0 radical (unpaired) electrons. The van der Waals surface area contributed by atoms with E-state index in [1.54, 1.807) is 5.32 Å². The molecular weight excluding hydrogens is 469 g/mol. The molecule has 0 spiro atoms. The van der Waals surface area contributed by atoms with Gasteiger partial charge in [-0.25, -0.2) is 9.59 Å². The first kappa shape index (κ1) is 24.5. The van der Waals surface area contributed by atoms with Gasteiger partial charge in [-0.2, -0.15) is 13.2 Å². The molecule has 8 nitrogen and oxygen atoms in total. The first-order chi connectivity index (χ1) is 16.6. The number of rotatable bonds is 6. The number of hydrogen-bond donors (Lipinski definition) is 3. The summed E-state index contributed by atoms with van der Waals surface area (Å²) in [4.78, 5) is 36.5. The van der Waals surface area contributed by atoms with Crippen molar-refractivity contribution in [1.29, 1.82) is 0 Å². The van der Waals surface area contributed by atoms with Crippen LogP contribution in [-0.2, 0) is 19.1 Å². The Morgan fingerprint density at radius 2 is 1.57 bits per heavy atom. The number of alkyl halides is 3. The number of alkyl carbamates (subject to hydrolysis) is 1. The fraction of sp³-hybridized carbons (Fsp3) is 0.375. The Morgan fingerprint density at radius 1 is 1.03 bits per heavy atom. The zero-order chi connectivity index (χ0) is 25.2. The maximum atomic E-state index is 13.6. The normalized spacial score (nSPS) is 17.6. The number of ether oxygens (including phenoxy) is 2. The number of halogens is 3. The molecule has 1 aliphatic carbocycles. The molecule has 2 aromatic rings. The van der Waals surface area contributed by atoms with E-state index in [1.165, 1.54) is 0 Å². The van der Waals surface area contributed by atoms with Gasteiger partial charge in [0, 0.05) is 32.0 Å². The number of aliphatic carboxylic acids is 1. The third-order valence-corrected chi connectivity index (χ3v) is 6.31. The summed E-state index contributed by atoms with van der Waals surface area (Å²) in [5.41, 5.74) is 1.71. The summed E-state index contributed by atoms with van der Waals surface area (Å²) in [7, 11) is 0. The van der Waals surface area contributed by atoms with Gasteiger partial charge in [0.05, 0.1) is 0 Å². The van der Waals surface area contributed by atoms with E-state index in [1.807, 2.05) is 53.8 Å². The summed E-state index contributed by atoms with van der Waals surface area (Å²) in [6.07, 6.45) is -7.03. The molecule has 2 aliphatic rings. The maximum Gasteiger partial charge on any atom is 0.417 e. The van der Waals surface area contributed by atoms with Gasteiger partial charge in [-0.05, 0) is 22.3 Å². The second-order valence-corrected chi connectivity index (χ2v) is 8.43. The molecule has 1 saturated heterocycles. The molecule has 4 rings (SSSR count). The van der Waals surface area contributed by atoms with Crippen molar-refractivity contribution >= 4 is 18.0 Å². The van der Waals surface area contributed by atoms with Gasteiger partial charge < -0.3 is 25.2 Å².